The molecule has 2 nitrogen and oxygen atoms in total. The third-order valence-corrected chi connectivity index (χ3v) is 4.05. The van der Waals surface area contributed by atoms with Crippen molar-refractivity contribution < 1.29 is 0 Å². The molecule has 1 N–H and O–H groups in total. The van der Waals surface area contributed by atoms with E-state index in [-0.39, 0.29) is 0 Å². The molecule has 0 aliphatic carbocycles. The van der Waals surface area contributed by atoms with Crippen LogP contribution in [0.2, 0.25) is 5.02 Å². The number of H-pyrrole nitrogens is 1. The molecule has 21 heavy (non-hydrogen) atoms. The molecule has 0 aliphatic rings. The number of hydrogen-bond donors (Lipinski definition) is 1. The highest BCUT2D eigenvalue weighted by atomic mass is 35.5. The first kappa shape index (κ1) is 14.1. The smallest absolute Gasteiger partial charge is 0.182 e. The van der Waals surface area contributed by atoms with Crippen LogP contribution in [-0.4, -0.2) is 9.55 Å². The topological polar surface area (TPSA) is 20.7 Å². The van der Waals surface area contributed by atoms with E-state index in [1.54, 1.807) is 0 Å². The average molecular weight is 315 g/mol. The van der Waals surface area contributed by atoms with Gasteiger partial charge in [-0.05, 0) is 61.0 Å². The van der Waals surface area contributed by atoms with E-state index in [9.17, 15) is 0 Å². The van der Waals surface area contributed by atoms with Crippen LogP contribution in [0.25, 0.3) is 16.9 Å². The van der Waals surface area contributed by atoms with Gasteiger partial charge in [-0.3, -0.25) is 4.57 Å². The van der Waals surface area contributed by atoms with E-state index in [1.165, 1.54) is 11.1 Å². The first-order valence-electron chi connectivity index (χ1n) is 6.70. The zero-order valence-corrected chi connectivity index (χ0v) is 13.4. The Kier molecular flexibility index (Phi) is 3.70. The van der Waals surface area contributed by atoms with E-state index < -0.39 is 0 Å². The second-order valence-corrected chi connectivity index (χ2v) is 5.96. The third-order valence-electron chi connectivity index (χ3n) is 3.50. The zero-order valence-electron chi connectivity index (χ0n) is 11.9. The van der Waals surface area contributed by atoms with Crippen LogP contribution in [0.5, 0.6) is 0 Å². The molecular weight excluding hydrogens is 300 g/mol. The number of halogens is 1. The fourth-order valence-electron chi connectivity index (χ4n) is 2.33. The summed E-state index contributed by atoms with van der Waals surface area (Å²) >= 11 is 11.4. The molecule has 0 amide bonds. The van der Waals surface area contributed by atoms with Crippen LogP contribution in [0.15, 0.2) is 48.7 Å². The molecule has 1 aromatic heterocycles. The Hall–Kier alpha value is -1.84. The molecule has 4 heteroatoms. The molecule has 0 bridgehead atoms. The van der Waals surface area contributed by atoms with Gasteiger partial charge in [0.15, 0.2) is 4.77 Å². The first-order valence-corrected chi connectivity index (χ1v) is 7.48. The highest BCUT2D eigenvalue weighted by Crippen LogP contribution is 2.23. The minimum atomic E-state index is 0.689. The number of imidazole rings is 1. The van der Waals surface area contributed by atoms with Gasteiger partial charge in [0.1, 0.15) is 0 Å². The summed E-state index contributed by atoms with van der Waals surface area (Å²) in [7, 11) is 0. The van der Waals surface area contributed by atoms with Crippen molar-refractivity contribution >= 4 is 23.8 Å². The number of aromatic amines is 1. The Balaban J connectivity index is 2.12. The van der Waals surface area contributed by atoms with Crippen LogP contribution in [0, 0.1) is 18.6 Å². The van der Waals surface area contributed by atoms with Crippen LogP contribution in [-0.2, 0) is 0 Å². The van der Waals surface area contributed by atoms with E-state index in [2.05, 4.69) is 37.0 Å². The predicted molar refractivity (Wildman–Crippen MR) is 90.9 cm³/mol. The van der Waals surface area contributed by atoms with E-state index in [1.807, 2.05) is 35.0 Å². The molecule has 106 valence electrons. The molecule has 0 spiro atoms. The van der Waals surface area contributed by atoms with Gasteiger partial charge < -0.3 is 4.98 Å². The van der Waals surface area contributed by atoms with Gasteiger partial charge in [-0.1, -0.05) is 35.9 Å². The molecular formula is C17H15ClN2S. The maximum atomic E-state index is 5.93. The second-order valence-electron chi connectivity index (χ2n) is 5.14. The number of benzene rings is 2. The Labute approximate surface area is 134 Å². The number of aryl methyl sites for hydroxylation is 2. The summed E-state index contributed by atoms with van der Waals surface area (Å²) < 4.78 is 2.70. The van der Waals surface area contributed by atoms with Crippen LogP contribution in [0.1, 0.15) is 11.1 Å². The van der Waals surface area contributed by atoms with Crippen LogP contribution in [0.3, 0.4) is 0 Å². The molecule has 3 rings (SSSR count). The average Bonchev–Trinajstić information content (AvgIpc) is 2.84. The molecule has 0 atom stereocenters. The van der Waals surface area contributed by atoms with E-state index in [4.69, 9.17) is 23.8 Å². The van der Waals surface area contributed by atoms with Gasteiger partial charge in [-0.15, -0.1) is 0 Å². The lowest BCUT2D eigenvalue weighted by molar-refractivity contribution is 1.01. The van der Waals surface area contributed by atoms with Crippen molar-refractivity contribution in [3.8, 4) is 16.9 Å². The van der Waals surface area contributed by atoms with Gasteiger partial charge in [0.2, 0.25) is 0 Å². The maximum Gasteiger partial charge on any atom is 0.182 e. The Morgan fingerprint density at radius 2 is 1.76 bits per heavy atom. The fraction of sp³-hybridized carbons (Fsp3) is 0.118. The standard InChI is InChI=1S/C17H15ClN2S/c1-11-3-4-12(2)16(9-11)20-10-15(19-17(20)21)13-5-7-14(18)8-6-13/h3-10H,1-2H3,(H,19,21). The SMILES string of the molecule is Cc1ccc(C)c(-n2cc(-c3ccc(Cl)cc3)[nH]c2=S)c1. The number of aromatic nitrogens is 2. The minimum absolute atomic E-state index is 0.689. The van der Waals surface area contributed by atoms with Crippen LogP contribution < -0.4 is 0 Å². The number of nitrogens with one attached hydrogen (secondary N) is 1. The van der Waals surface area contributed by atoms with Gasteiger partial charge in [0.25, 0.3) is 0 Å². The van der Waals surface area contributed by atoms with Crippen molar-refractivity contribution in [2.24, 2.45) is 0 Å². The number of hydrogen-bond acceptors (Lipinski definition) is 1. The van der Waals surface area contributed by atoms with Crippen molar-refractivity contribution in [3.63, 3.8) is 0 Å². The first-order chi connectivity index (χ1) is 10.0. The van der Waals surface area contributed by atoms with Crippen molar-refractivity contribution in [2.45, 2.75) is 13.8 Å². The lowest BCUT2D eigenvalue weighted by atomic mass is 10.1. The Morgan fingerprint density at radius 3 is 2.48 bits per heavy atom. The molecule has 0 saturated heterocycles. The highest BCUT2D eigenvalue weighted by molar-refractivity contribution is 7.71. The number of rotatable bonds is 2. The predicted octanol–water partition coefficient (Wildman–Crippen LogP) is 5.47. The van der Waals surface area contributed by atoms with Gasteiger partial charge in [0.05, 0.1) is 11.4 Å². The van der Waals surface area contributed by atoms with E-state index in [0.29, 0.717) is 4.77 Å². The van der Waals surface area contributed by atoms with Gasteiger partial charge in [-0.2, -0.15) is 0 Å². The van der Waals surface area contributed by atoms with Crippen LogP contribution >= 0.6 is 23.8 Å². The molecule has 0 aliphatic heterocycles. The largest absolute Gasteiger partial charge is 0.330 e. The Bertz CT molecular complexity index is 844. The molecule has 0 unspecified atom stereocenters. The van der Waals surface area contributed by atoms with Crippen molar-refractivity contribution in [2.75, 3.05) is 0 Å². The van der Waals surface area contributed by atoms with Gasteiger partial charge in [0, 0.05) is 11.2 Å². The summed E-state index contributed by atoms with van der Waals surface area (Å²) in [5.41, 5.74) is 5.56. The number of nitrogens with zero attached hydrogens (tertiary/aromatic N) is 1. The summed E-state index contributed by atoms with van der Waals surface area (Å²) in [6.45, 7) is 4.17. The summed E-state index contributed by atoms with van der Waals surface area (Å²) in [5.74, 6) is 0. The minimum Gasteiger partial charge on any atom is -0.330 e. The van der Waals surface area contributed by atoms with E-state index >= 15 is 0 Å². The van der Waals surface area contributed by atoms with Crippen LogP contribution in [0.4, 0.5) is 0 Å². The second kappa shape index (κ2) is 5.51. The molecule has 3 aromatic rings. The van der Waals surface area contributed by atoms with Gasteiger partial charge in [-0.25, -0.2) is 0 Å². The van der Waals surface area contributed by atoms with E-state index in [0.717, 1.165) is 22.0 Å². The fourth-order valence-corrected chi connectivity index (χ4v) is 2.72. The van der Waals surface area contributed by atoms with Crippen molar-refractivity contribution in [1.82, 2.24) is 9.55 Å². The molecule has 2 aromatic carbocycles. The third kappa shape index (κ3) is 2.80. The summed E-state index contributed by atoms with van der Waals surface area (Å²) in [5, 5.41) is 0.728. The quantitative estimate of drug-likeness (QED) is 0.622. The molecule has 0 saturated carbocycles. The lowest BCUT2D eigenvalue weighted by Crippen LogP contribution is -1.96. The highest BCUT2D eigenvalue weighted by Gasteiger charge is 2.07. The monoisotopic (exact) mass is 314 g/mol. The summed E-state index contributed by atoms with van der Waals surface area (Å²) in [6.07, 6.45) is 2.04. The molecule has 1 heterocycles. The molecule has 0 fully saturated rings. The van der Waals surface area contributed by atoms with Crippen molar-refractivity contribution in [1.29, 1.82) is 0 Å². The van der Waals surface area contributed by atoms with Crippen molar-refractivity contribution in [3.05, 3.63) is 69.6 Å². The lowest BCUT2D eigenvalue weighted by Gasteiger charge is -2.07. The summed E-state index contributed by atoms with van der Waals surface area (Å²) in [6, 6.07) is 14.1. The maximum absolute atomic E-state index is 5.93. The summed E-state index contributed by atoms with van der Waals surface area (Å²) in [4.78, 5) is 3.26. The normalized spacial score (nSPS) is 10.8. The van der Waals surface area contributed by atoms with Gasteiger partial charge >= 0.3 is 0 Å². The Morgan fingerprint density at radius 1 is 1.05 bits per heavy atom. The molecule has 0 radical (unpaired) electrons. The zero-order chi connectivity index (χ0) is 15.0.